The minimum atomic E-state index is -0.650. The van der Waals surface area contributed by atoms with Gasteiger partial charge in [0, 0.05) is 32.2 Å². The third kappa shape index (κ3) is 3.83. The molecule has 0 saturated carbocycles. The summed E-state index contributed by atoms with van der Waals surface area (Å²) in [6.45, 7) is 9.67. The summed E-state index contributed by atoms with van der Waals surface area (Å²) in [6.07, 6.45) is 1.41. The Morgan fingerprint density at radius 2 is 2.06 bits per heavy atom. The Morgan fingerprint density at radius 3 is 2.47 bits per heavy atom. The molecule has 1 heterocycles. The van der Waals surface area contributed by atoms with Crippen molar-refractivity contribution >= 4 is 18.4 Å². The maximum absolute atomic E-state index is 11.4. The van der Waals surface area contributed by atoms with Crippen molar-refractivity contribution in [2.45, 2.75) is 39.7 Å². The third-order valence-corrected chi connectivity index (χ3v) is 3.95. The van der Waals surface area contributed by atoms with Gasteiger partial charge in [-0.15, -0.1) is 12.4 Å². The molecular weight excluding hydrogens is 240 g/mol. The van der Waals surface area contributed by atoms with Gasteiger partial charge in [0.05, 0.1) is 5.41 Å². The van der Waals surface area contributed by atoms with Crippen molar-refractivity contribution in [3.63, 3.8) is 0 Å². The lowest BCUT2D eigenvalue weighted by Crippen LogP contribution is -2.54. The van der Waals surface area contributed by atoms with Gasteiger partial charge in [-0.05, 0) is 19.8 Å². The first-order chi connectivity index (χ1) is 7.55. The van der Waals surface area contributed by atoms with E-state index in [1.807, 2.05) is 13.8 Å². The summed E-state index contributed by atoms with van der Waals surface area (Å²) in [6, 6.07) is 0.436. The van der Waals surface area contributed by atoms with Crippen LogP contribution in [-0.2, 0) is 4.79 Å². The zero-order valence-electron chi connectivity index (χ0n) is 11.0. The Labute approximate surface area is 110 Å². The summed E-state index contributed by atoms with van der Waals surface area (Å²) in [5, 5.41) is 12.7. The van der Waals surface area contributed by atoms with Crippen LogP contribution in [0, 0.1) is 5.41 Å². The van der Waals surface area contributed by atoms with Crippen LogP contribution in [0.5, 0.6) is 0 Å². The fourth-order valence-corrected chi connectivity index (χ4v) is 2.35. The van der Waals surface area contributed by atoms with Crippen LogP contribution >= 0.6 is 12.4 Å². The zero-order valence-corrected chi connectivity index (χ0v) is 11.8. The lowest BCUT2D eigenvalue weighted by Gasteiger charge is -2.40. The van der Waals surface area contributed by atoms with Crippen molar-refractivity contribution in [3.8, 4) is 0 Å². The van der Waals surface area contributed by atoms with Crippen LogP contribution in [0.1, 0.15) is 33.6 Å². The number of nitrogens with one attached hydrogen (secondary N) is 1. The first-order valence-electron chi connectivity index (χ1n) is 6.24. The minimum Gasteiger partial charge on any atom is -0.481 e. The van der Waals surface area contributed by atoms with Crippen molar-refractivity contribution in [3.05, 3.63) is 0 Å². The predicted octanol–water partition coefficient (Wildman–Crippen LogP) is 1.59. The second kappa shape index (κ2) is 7.19. The highest BCUT2D eigenvalue weighted by Gasteiger charge is 2.38. The Hall–Kier alpha value is -0.320. The number of halogens is 1. The summed E-state index contributed by atoms with van der Waals surface area (Å²) < 4.78 is 0. The smallest absolute Gasteiger partial charge is 0.310 e. The van der Waals surface area contributed by atoms with Crippen LogP contribution in [0.15, 0.2) is 0 Å². The molecule has 1 aliphatic rings. The Morgan fingerprint density at radius 1 is 1.47 bits per heavy atom. The first-order valence-corrected chi connectivity index (χ1v) is 6.24. The number of aliphatic carboxylic acids is 1. The van der Waals surface area contributed by atoms with Gasteiger partial charge in [-0.2, -0.15) is 0 Å². The molecule has 2 N–H and O–H groups in total. The number of hydrogen-bond donors (Lipinski definition) is 2. The highest BCUT2D eigenvalue weighted by Crippen LogP contribution is 2.29. The van der Waals surface area contributed by atoms with E-state index in [2.05, 4.69) is 17.1 Å². The van der Waals surface area contributed by atoms with Crippen LogP contribution < -0.4 is 5.32 Å². The van der Waals surface area contributed by atoms with Crippen molar-refractivity contribution < 1.29 is 9.90 Å². The zero-order chi connectivity index (χ0) is 12.2. The summed E-state index contributed by atoms with van der Waals surface area (Å²) in [7, 11) is 0. The van der Waals surface area contributed by atoms with E-state index in [1.165, 1.54) is 0 Å². The lowest BCUT2D eigenvalue weighted by atomic mass is 9.81. The van der Waals surface area contributed by atoms with E-state index in [9.17, 15) is 9.90 Å². The molecule has 1 atom stereocenters. The molecule has 1 aliphatic heterocycles. The number of carboxylic acids is 1. The average Bonchev–Trinajstić information content (AvgIpc) is 2.28. The van der Waals surface area contributed by atoms with E-state index in [4.69, 9.17) is 0 Å². The SMILES string of the molecule is CCC(CC)(CN1CCNC[C@H]1C)C(=O)O.Cl. The maximum Gasteiger partial charge on any atom is 0.310 e. The van der Waals surface area contributed by atoms with Crippen LogP contribution in [0.3, 0.4) is 0 Å². The molecule has 102 valence electrons. The van der Waals surface area contributed by atoms with Crippen LogP contribution in [0.25, 0.3) is 0 Å². The molecule has 1 rings (SSSR count). The molecule has 0 unspecified atom stereocenters. The largest absolute Gasteiger partial charge is 0.481 e. The van der Waals surface area contributed by atoms with E-state index in [1.54, 1.807) is 0 Å². The number of rotatable bonds is 5. The van der Waals surface area contributed by atoms with Crippen molar-refractivity contribution in [2.24, 2.45) is 5.41 Å². The molecule has 17 heavy (non-hydrogen) atoms. The van der Waals surface area contributed by atoms with Crippen LogP contribution in [-0.4, -0.2) is 48.2 Å². The number of piperazine rings is 1. The Bertz CT molecular complexity index is 245. The molecular formula is C12H25ClN2O2. The van der Waals surface area contributed by atoms with Gasteiger partial charge in [-0.1, -0.05) is 13.8 Å². The molecule has 1 saturated heterocycles. The van der Waals surface area contributed by atoms with Crippen molar-refractivity contribution in [2.75, 3.05) is 26.2 Å². The van der Waals surface area contributed by atoms with E-state index < -0.39 is 11.4 Å². The summed E-state index contributed by atoms with van der Waals surface area (Å²) in [5.41, 5.74) is -0.564. The Balaban J connectivity index is 0.00000256. The molecule has 5 heteroatoms. The molecule has 0 bridgehead atoms. The van der Waals surface area contributed by atoms with Crippen LogP contribution in [0.4, 0.5) is 0 Å². The van der Waals surface area contributed by atoms with Gasteiger partial charge in [0.2, 0.25) is 0 Å². The molecule has 0 spiro atoms. The minimum absolute atomic E-state index is 0. The molecule has 0 amide bonds. The summed E-state index contributed by atoms with van der Waals surface area (Å²) >= 11 is 0. The van der Waals surface area contributed by atoms with E-state index >= 15 is 0 Å². The predicted molar refractivity (Wildman–Crippen MR) is 71.8 cm³/mol. The number of hydrogen-bond acceptors (Lipinski definition) is 3. The highest BCUT2D eigenvalue weighted by molar-refractivity contribution is 5.85. The van der Waals surface area contributed by atoms with Gasteiger partial charge in [0.1, 0.15) is 0 Å². The second-order valence-corrected chi connectivity index (χ2v) is 4.82. The maximum atomic E-state index is 11.4. The van der Waals surface area contributed by atoms with E-state index in [-0.39, 0.29) is 12.4 Å². The number of carboxylic acid groups (broad SMARTS) is 1. The molecule has 0 aromatic carbocycles. The summed E-state index contributed by atoms with van der Waals surface area (Å²) in [5.74, 6) is -0.650. The monoisotopic (exact) mass is 264 g/mol. The molecule has 1 fully saturated rings. The van der Waals surface area contributed by atoms with Gasteiger partial charge in [0.25, 0.3) is 0 Å². The van der Waals surface area contributed by atoms with Crippen molar-refractivity contribution in [1.82, 2.24) is 10.2 Å². The van der Waals surface area contributed by atoms with Gasteiger partial charge < -0.3 is 10.4 Å². The normalized spacial score (nSPS) is 21.9. The average molecular weight is 265 g/mol. The van der Waals surface area contributed by atoms with Gasteiger partial charge >= 0.3 is 5.97 Å². The number of nitrogens with zero attached hydrogens (tertiary/aromatic N) is 1. The summed E-state index contributed by atoms with van der Waals surface area (Å²) in [4.78, 5) is 13.7. The van der Waals surface area contributed by atoms with E-state index in [0.717, 1.165) is 19.6 Å². The van der Waals surface area contributed by atoms with Gasteiger partial charge in [-0.25, -0.2) is 0 Å². The topological polar surface area (TPSA) is 52.6 Å². The molecule has 0 aliphatic carbocycles. The van der Waals surface area contributed by atoms with Gasteiger partial charge in [0.15, 0.2) is 0 Å². The van der Waals surface area contributed by atoms with Gasteiger partial charge in [-0.3, -0.25) is 9.69 Å². The fraction of sp³-hybridized carbons (Fsp3) is 0.917. The quantitative estimate of drug-likeness (QED) is 0.792. The standard InChI is InChI=1S/C12H24N2O2.ClH/c1-4-12(5-2,11(15)16)9-14-7-6-13-8-10(14)3;/h10,13H,4-9H2,1-3H3,(H,15,16);1H/t10-;/m1./s1. The Kier molecular flexibility index (Phi) is 7.05. The molecule has 0 radical (unpaired) electrons. The lowest BCUT2D eigenvalue weighted by molar-refractivity contribution is -0.151. The van der Waals surface area contributed by atoms with E-state index in [0.29, 0.717) is 25.4 Å². The molecule has 0 aromatic rings. The third-order valence-electron chi connectivity index (χ3n) is 3.95. The molecule has 0 aromatic heterocycles. The van der Waals surface area contributed by atoms with Crippen molar-refractivity contribution in [1.29, 1.82) is 0 Å². The number of carbonyl (C=O) groups is 1. The second-order valence-electron chi connectivity index (χ2n) is 4.82. The van der Waals surface area contributed by atoms with Crippen LogP contribution in [0.2, 0.25) is 0 Å². The first kappa shape index (κ1) is 16.7. The molecule has 4 nitrogen and oxygen atoms in total. The highest BCUT2D eigenvalue weighted by atomic mass is 35.5. The fourth-order valence-electron chi connectivity index (χ4n) is 2.35.